The summed E-state index contributed by atoms with van der Waals surface area (Å²) in [7, 11) is 0. The first-order valence-electron chi connectivity index (χ1n) is 4.71. The van der Waals surface area contributed by atoms with Crippen LogP contribution in [0.15, 0.2) is 24.3 Å². The highest BCUT2D eigenvalue weighted by Crippen LogP contribution is 2.35. The summed E-state index contributed by atoms with van der Waals surface area (Å²) in [5.74, 6) is 0. The Bertz CT molecular complexity index is 285. The largest absolute Gasteiger partial charge is 0.399 e. The molecule has 0 spiro atoms. The summed E-state index contributed by atoms with van der Waals surface area (Å²) in [6, 6.07) is 7.98. The van der Waals surface area contributed by atoms with Crippen LogP contribution in [0.5, 0.6) is 0 Å². The third kappa shape index (κ3) is 1.54. The molecule has 1 aromatic carbocycles. The lowest BCUT2D eigenvalue weighted by Gasteiger charge is -2.23. The molecule has 0 radical (unpaired) electrons. The minimum absolute atomic E-state index is 0.0757. The molecule has 1 saturated heterocycles. The minimum atomic E-state index is -0.0757. The van der Waals surface area contributed by atoms with Crippen LogP contribution in [0.1, 0.15) is 25.3 Å². The van der Waals surface area contributed by atoms with Gasteiger partial charge in [-0.1, -0.05) is 12.1 Å². The molecule has 1 atom stereocenters. The van der Waals surface area contributed by atoms with Crippen molar-refractivity contribution in [2.75, 3.05) is 12.3 Å². The molecule has 2 heteroatoms. The van der Waals surface area contributed by atoms with Gasteiger partial charge in [-0.3, -0.25) is 0 Å². The molecule has 70 valence electrons. The van der Waals surface area contributed by atoms with E-state index < -0.39 is 0 Å². The van der Waals surface area contributed by atoms with Gasteiger partial charge in [-0.05, 0) is 37.5 Å². The maximum absolute atomic E-state index is 5.73. The van der Waals surface area contributed by atoms with E-state index in [0.717, 1.165) is 25.1 Å². The number of ether oxygens (including phenoxy) is 1. The predicted octanol–water partition coefficient (Wildman–Crippen LogP) is 2.29. The summed E-state index contributed by atoms with van der Waals surface area (Å²) in [6.45, 7) is 3.02. The Hall–Kier alpha value is -1.02. The molecular formula is C11H15NO. The van der Waals surface area contributed by atoms with Crippen molar-refractivity contribution >= 4 is 5.69 Å². The van der Waals surface area contributed by atoms with E-state index in [1.807, 2.05) is 12.1 Å². The van der Waals surface area contributed by atoms with Gasteiger partial charge >= 0.3 is 0 Å². The van der Waals surface area contributed by atoms with Gasteiger partial charge in [0, 0.05) is 12.3 Å². The molecule has 0 bridgehead atoms. The van der Waals surface area contributed by atoms with Crippen molar-refractivity contribution in [1.82, 2.24) is 0 Å². The summed E-state index contributed by atoms with van der Waals surface area (Å²) in [6.07, 6.45) is 2.26. The van der Waals surface area contributed by atoms with Crippen molar-refractivity contribution in [2.24, 2.45) is 0 Å². The van der Waals surface area contributed by atoms with Crippen molar-refractivity contribution in [3.63, 3.8) is 0 Å². The molecular weight excluding hydrogens is 162 g/mol. The van der Waals surface area contributed by atoms with Gasteiger partial charge in [0.15, 0.2) is 0 Å². The Labute approximate surface area is 78.7 Å². The van der Waals surface area contributed by atoms with Crippen molar-refractivity contribution < 1.29 is 4.74 Å². The summed E-state index contributed by atoms with van der Waals surface area (Å²) in [4.78, 5) is 0. The molecule has 13 heavy (non-hydrogen) atoms. The molecule has 1 aliphatic heterocycles. The summed E-state index contributed by atoms with van der Waals surface area (Å²) < 4.78 is 5.73. The van der Waals surface area contributed by atoms with E-state index in [-0.39, 0.29) is 5.60 Å². The first-order valence-corrected chi connectivity index (χ1v) is 4.71. The van der Waals surface area contributed by atoms with Gasteiger partial charge in [0.1, 0.15) is 0 Å². The molecule has 1 fully saturated rings. The molecule has 0 amide bonds. The summed E-state index contributed by atoms with van der Waals surface area (Å²) >= 11 is 0. The normalized spacial score (nSPS) is 27.8. The fraction of sp³-hybridized carbons (Fsp3) is 0.455. The minimum Gasteiger partial charge on any atom is -0.399 e. The topological polar surface area (TPSA) is 35.2 Å². The van der Waals surface area contributed by atoms with Crippen molar-refractivity contribution in [2.45, 2.75) is 25.4 Å². The summed E-state index contributed by atoms with van der Waals surface area (Å²) in [5.41, 5.74) is 7.60. The molecule has 0 aliphatic carbocycles. The average molecular weight is 177 g/mol. The van der Waals surface area contributed by atoms with Gasteiger partial charge in [-0.15, -0.1) is 0 Å². The quantitative estimate of drug-likeness (QED) is 0.668. The molecule has 2 N–H and O–H groups in total. The first kappa shape index (κ1) is 8.57. The van der Waals surface area contributed by atoms with E-state index >= 15 is 0 Å². The lowest BCUT2D eigenvalue weighted by molar-refractivity contribution is 0.0168. The van der Waals surface area contributed by atoms with Crippen LogP contribution in [-0.2, 0) is 10.3 Å². The number of rotatable bonds is 1. The van der Waals surface area contributed by atoms with Crippen LogP contribution in [0.4, 0.5) is 5.69 Å². The van der Waals surface area contributed by atoms with E-state index in [2.05, 4.69) is 19.1 Å². The van der Waals surface area contributed by atoms with E-state index in [4.69, 9.17) is 10.5 Å². The van der Waals surface area contributed by atoms with Crippen LogP contribution in [0.25, 0.3) is 0 Å². The predicted molar refractivity (Wildman–Crippen MR) is 53.4 cm³/mol. The molecule has 1 aromatic rings. The van der Waals surface area contributed by atoms with E-state index in [9.17, 15) is 0 Å². The van der Waals surface area contributed by atoms with Crippen LogP contribution >= 0.6 is 0 Å². The van der Waals surface area contributed by atoms with Gasteiger partial charge in [-0.25, -0.2) is 0 Å². The highest BCUT2D eigenvalue weighted by molar-refractivity contribution is 5.40. The Morgan fingerprint density at radius 1 is 1.31 bits per heavy atom. The second-order valence-electron chi connectivity index (χ2n) is 3.80. The maximum Gasteiger partial charge on any atom is 0.0904 e. The highest BCUT2D eigenvalue weighted by Gasteiger charge is 2.31. The van der Waals surface area contributed by atoms with Gasteiger partial charge in [0.05, 0.1) is 5.60 Å². The number of anilines is 1. The van der Waals surface area contributed by atoms with E-state index in [0.29, 0.717) is 0 Å². The van der Waals surface area contributed by atoms with Crippen molar-refractivity contribution in [3.8, 4) is 0 Å². The lowest BCUT2D eigenvalue weighted by atomic mass is 9.93. The van der Waals surface area contributed by atoms with Crippen LogP contribution in [0.2, 0.25) is 0 Å². The molecule has 1 unspecified atom stereocenters. The molecule has 0 saturated carbocycles. The second-order valence-corrected chi connectivity index (χ2v) is 3.80. The van der Waals surface area contributed by atoms with Crippen molar-refractivity contribution in [3.05, 3.63) is 29.8 Å². The highest BCUT2D eigenvalue weighted by atomic mass is 16.5. The van der Waals surface area contributed by atoms with Gasteiger partial charge in [0.25, 0.3) is 0 Å². The smallest absolute Gasteiger partial charge is 0.0904 e. The number of nitrogen functional groups attached to an aromatic ring is 1. The van der Waals surface area contributed by atoms with Gasteiger partial charge in [0.2, 0.25) is 0 Å². The van der Waals surface area contributed by atoms with Crippen molar-refractivity contribution in [1.29, 1.82) is 0 Å². The monoisotopic (exact) mass is 177 g/mol. The third-order valence-corrected chi connectivity index (χ3v) is 2.74. The Balaban J connectivity index is 2.29. The fourth-order valence-electron chi connectivity index (χ4n) is 1.84. The number of hydrogen-bond acceptors (Lipinski definition) is 2. The number of nitrogens with two attached hydrogens (primary N) is 1. The Morgan fingerprint density at radius 2 is 2.00 bits per heavy atom. The number of benzene rings is 1. The average Bonchev–Trinajstić information content (AvgIpc) is 2.54. The zero-order valence-corrected chi connectivity index (χ0v) is 7.92. The van der Waals surface area contributed by atoms with E-state index in [1.165, 1.54) is 5.56 Å². The van der Waals surface area contributed by atoms with Crippen LogP contribution in [-0.4, -0.2) is 6.61 Å². The van der Waals surface area contributed by atoms with E-state index in [1.54, 1.807) is 0 Å². The number of hydrogen-bond donors (Lipinski definition) is 1. The maximum atomic E-state index is 5.73. The molecule has 2 rings (SSSR count). The zero-order chi connectivity index (χ0) is 9.31. The first-order chi connectivity index (χ1) is 6.21. The van der Waals surface area contributed by atoms with Gasteiger partial charge < -0.3 is 10.5 Å². The second kappa shape index (κ2) is 3.04. The fourth-order valence-corrected chi connectivity index (χ4v) is 1.84. The van der Waals surface area contributed by atoms with Crippen LogP contribution in [0, 0.1) is 0 Å². The summed E-state index contributed by atoms with van der Waals surface area (Å²) in [5, 5.41) is 0. The Kier molecular flexibility index (Phi) is 2.00. The Morgan fingerprint density at radius 3 is 2.54 bits per heavy atom. The molecule has 0 aromatic heterocycles. The zero-order valence-electron chi connectivity index (χ0n) is 7.92. The van der Waals surface area contributed by atoms with Crippen LogP contribution in [0.3, 0.4) is 0 Å². The molecule has 1 heterocycles. The molecule has 1 aliphatic rings. The van der Waals surface area contributed by atoms with Crippen LogP contribution < -0.4 is 5.73 Å². The SMILES string of the molecule is CC1(c2ccc(N)cc2)CCCO1. The van der Waals surface area contributed by atoms with Gasteiger partial charge in [-0.2, -0.15) is 0 Å². The molecule has 2 nitrogen and oxygen atoms in total. The third-order valence-electron chi connectivity index (χ3n) is 2.74. The standard InChI is InChI=1S/C11H15NO/c1-11(7-2-8-13-11)9-3-5-10(12)6-4-9/h3-6H,2,7-8,12H2,1H3. The lowest BCUT2D eigenvalue weighted by Crippen LogP contribution is -2.19.